The van der Waals surface area contributed by atoms with E-state index in [4.69, 9.17) is 9.84 Å². The zero-order valence-corrected chi connectivity index (χ0v) is 11.3. The summed E-state index contributed by atoms with van der Waals surface area (Å²) < 4.78 is 7.36. The van der Waals surface area contributed by atoms with Crippen LogP contribution in [0.5, 0.6) is 11.6 Å². The molecule has 3 rings (SSSR count). The third-order valence-corrected chi connectivity index (χ3v) is 3.67. The molecule has 0 aliphatic heterocycles. The maximum atomic E-state index is 11.2. The molecule has 0 bridgehead atoms. The second-order valence-corrected chi connectivity index (χ2v) is 5.07. The van der Waals surface area contributed by atoms with Crippen molar-refractivity contribution in [3.63, 3.8) is 0 Å². The van der Waals surface area contributed by atoms with Crippen LogP contribution in [0, 0.1) is 0 Å². The highest BCUT2D eigenvalue weighted by Gasteiger charge is 2.14. The van der Waals surface area contributed by atoms with Gasteiger partial charge in [-0.25, -0.2) is 0 Å². The van der Waals surface area contributed by atoms with Crippen molar-refractivity contribution < 1.29 is 14.6 Å². The van der Waals surface area contributed by atoms with Gasteiger partial charge in [0, 0.05) is 18.2 Å². The number of aliphatic hydroxyl groups is 1. The standard InChI is InChI=1S/C14H12N2O3S/c17-7-5-10-1-3-11(4-2-10)19-13-12(9-18)16-6-8-20-14(16)15-13/h1-4,6,8-9,17H,5,7H2. The summed E-state index contributed by atoms with van der Waals surface area (Å²) in [5.41, 5.74) is 1.43. The molecule has 0 amide bonds. The van der Waals surface area contributed by atoms with Crippen LogP contribution >= 0.6 is 11.3 Å². The van der Waals surface area contributed by atoms with Crippen LogP contribution in [-0.2, 0) is 6.42 Å². The molecule has 1 aromatic carbocycles. The van der Waals surface area contributed by atoms with E-state index < -0.39 is 0 Å². The van der Waals surface area contributed by atoms with Crippen LogP contribution in [0.25, 0.3) is 4.96 Å². The molecule has 6 heteroatoms. The van der Waals surface area contributed by atoms with E-state index in [-0.39, 0.29) is 6.61 Å². The molecule has 102 valence electrons. The molecule has 0 unspecified atom stereocenters. The maximum absolute atomic E-state index is 11.2. The highest BCUT2D eigenvalue weighted by molar-refractivity contribution is 7.15. The number of aliphatic hydroxyl groups excluding tert-OH is 1. The Hall–Kier alpha value is -2.18. The lowest BCUT2D eigenvalue weighted by atomic mass is 10.1. The Morgan fingerprint density at radius 1 is 1.35 bits per heavy atom. The van der Waals surface area contributed by atoms with Gasteiger partial charge in [-0.15, -0.1) is 11.3 Å². The number of carbonyl (C=O) groups is 1. The van der Waals surface area contributed by atoms with E-state index in [0.717, 1.165) is 16.8 Å². The van der Waals surface area contributed by atoms with E-state index in [9.17, 15) is 4.79 Å². The number of fused-ring (bicyclic) bond motifs is 1. The van der Waals surface area contributed by atoms with Gasteiger partial charge in [0.25, 0.3) is 0 Å². The lowest BCUT2D eigenvalue weighted by Gasteiger charge is -2.04. The summed E-state index contributed by atoms with van der Waals surface area (Å²) in [7, 11) is 0. The van der Waals surface area contributed by atoms with Gasteiger partial charge < -0.3 is 9.84 Å². The highest BCUT2D eigenvalue weighted by Crippen LogP contribution is 2.26. The average Bonchev–Trinajstić information content (AvgIpc) is 3.01. The number of hydrogen-bond acceptors (Lipinski definition) is 5. The Labute approximate surface area is 119 Å². The molecule has 20 heavy (non-hydrogen) atoms. The molecule has 0 saturated carbocycles. The zero-order valence-electron chi connectivity index (χ0n) is 10.5. The van der Waals surface area contributed by atoms with Crippen LogP contribution < -0.4 is 4.74 Å². The van der Waals surface area contributed by atoms with Gasteiger partial charge in [-0.1, -0.05) is 12.1 Å². The van der Waals surface area contributed by atoms with Crippen molar-refractivity contribution in [1.82, 2.24) is 9.38 Å². The first-order valence-corrected chi connectivity index (χ1v) is 6.98. The second-order valence-electron chi connectivity index (χ2n) is 4.20. The van der Waals surface area contributed by atoms with Crippen molar-refractivity contribution in [2.75, 3.05) is 6.61 Å². The quantitative estimate of drug-likeness (QED) is 0.733. The number of imidazole rings is 1. The molecule has 2 aromatic heterocycles. The summed E-state index contributed by atoms with van der Waals surface area (Å²) in [6.45, 7) is 0.118. The number of aldehydes is 1. The Balaban J connectivity index is 1.88. The molecule has 0 atom stereocenters. The molecule has 0 fully saturated rings. The van der Waals surface area contributed by atoms with Gasteiger partial charge in [0.1, 0.15) is 5.75 Å². The summed E-state index contributed by atoms with van der Waals surface area (Å²) in [6.07, 6.45) is 3.14. The molecule has 2 heterocycles. The summed E-state index contributed by atoms with van der Waals surface area (Å²) in [5.74, 6) is 0.919. The normalized spacial score (nSPS) is 10.8. The maximum Gasteiger partial charge on any atom is 0.250 e. The van der Waals surface area contributed by atoms with Crippen molar-refractivity contribution in [3.8, 4) is 11.6 Å². The molecule has 0 aliphatic rings. The summed E-state index contributed by atoms with van der Waals surface area (Å²) >= 11 is 1.44. The number of carbonyl (C=O) groups excluding carboxylic acids is 1. The molecular weight excluding hydrogens is 276 g/mol. The van der Waals surface area contributed by atoms with Crippen LogP contribution in [0.4, 0.5) is 0 Å². The first-order valence-electron chi connectivity index (χ1n) is 6.10. The SMILES string of the molecule is O=Cc1c(Oc2ccc(CCO)cc2)nc2sccn12. The average molecular weight is 288 g/mol. The van der Waals surface area contributed by atoms with Crippen molar-refractivity contribution in [2.24, 2.45) is 0 Å². The number of benzene rings is 1. The predicted octanol–water partition coefficient (Wildman–Crippen LogP) is 2.54. The Kier molecular flexibility index (Phi) is 3.49. The number of nitrogens with zero attached hydrogens (tertiary/aromatic N) is 2. The third kappa shape index (κ3) is 2.31. The highest BCUT2D eigenvalue weighted by atomic mass is 32.1. The van der Waals surface area contributed by atoms with Gasteiger partial charge in [0.15, 0.2) is 16.9 Å². The largest absolute Gasteiger partial charge is 0.437 e. The van der Waals surface area contributed by atoms with E-state index in [1.807, 2.05) is 17.5 Å². The minimum absolute atomic E-state index is 0.118. The smallest absolute Gasteiger partial charge is 0.250 e. The molecular formula is C14H12N2O3S. The van der Waals surface area contributed by atoms with Crippen molar-refractivity contribution >= 4 is 22.6 Å². The van der Waals surface area contributed by atoms with E-state index >= 15 is 0 Å². The summed E-state index contributed by atoms with van der Waals surface area (Å²) in [5, 5.41) is 10.7. The molecule has 5 nitrogen and oxygen atoms in total. The summed E-state index contributed by atoms with van der Waals surface area (Å²) in [6, 6.07) is 7.36. The number of aromatic nitrogens is 2. The number of rotatable bonds is 5. The minimum atomic E-state index is 0.118. The second kappa shape index (κ2) is 5.44. The van der Waals surface area contributed by atoms with Gasteiger partial charge in [0.05, 0.1) is 0 Å². The van der Waals surface area contributed by atoms with E-state index in [2.05, 4.69) is 4.98 Å². The third-order valence-electron chi connectivity index (χ3n) is 2.92. The Morgan fingerprint density at radius 2 is 2.15 bits per heavy atom. The fourth-order valence-corrected chi connectivity index (χ4v) is 2.64. The van der Waals surface area contributed by atoms with Gasteiger partial charge in [-0.05, 0) is 24.1 Å². The van der Waals surface area contributed by atoms with Crippen molar-refractivity contribution in [2.45, 2.75) is 6.42 Å². The predicted molar refractivity (Wildman–Crippen MR) is 75.8 cm³/mol. The molecule has 1 N–H and O–H groups in total. The number of ether oxygens (including phenoxy) is 1. The molecule has 0 spiro atoms. The summed E-state index contributed by atoms with van der Waals surface area (Å²) in [4.78, 5) is 16.2. The lowest BCUT2D eigenvalue weighted by Crippen LogP contribution is -1.93. The number of thiazole rings is 1. The Morgan fingerprint density at radius 3 is 2.85 bits per heavy atom. The van der Waals surface area contributed by atoms with Crippen molar-refractivity contribution in [1.29, 1.82) is 0 Å². The van der Waals surface area contributed by atoms with Gasteiger partial charge >= 0.3 is 0 Å². The molecule has 3 aromatic rings. The Bertz CT molecular complexity index is 731. The van der Waals surface area contributed by atoms with Crippen LogP contribution in [0.15, 0.2) is 35.8 Å². The molecule has 0 radical (unpaired) electrons. The van der Waals surface area contributed by atoms with E-state index in [1.54, 1.807) is 22.7 Å². The van der Waals surface area contributed by atoms with Crippen LogP contribution in [0.2, 0.25) is 0 Å². The molecule has 0 aliphatic carbocycles. The lowest BCUT2D eigenvalue weighted by molar-refractivity contribution is 0.111. The van der Waals surface area contributed by atoms with Crippen LogP contribution in [-0.4, -0.2) is 27.4 Å². The fraction of sp³-hybridized carbons (Fsp3) is 0.143. The van der Waals surface area contributed by atoms with Gasteiger partial charge in [0.2, 0.25) is 5.88 Å². The van der Waals surface area contributed by atoms with E-state index in [1.165, 1.54) is 11.3 Å². The minimum Gasteiger partial charge on any atom is -0.437 e. The van der Waals surface area contributed by atoms with Gasteiger partial charge in [-0.3, -0.25) is 9.20 Å². The zero-order chi connectivity index (χ0) is 13.9. The fourth-order valence-electron chi connectivity index (χ4n) is 1.93. The van der Waals surface area contributed by atoms with E-state index in [0.29, 0.717) is 23.7 Å². The topological polar surface area (TPSA) is 63.8 Å². The van der Waals surface area contributed by atoms with Crippen LogP contribution in [0.3, 0.4) is 0 Å². The number of hydrogen-bond donors (Lipinski definition) is 1. The van der Waals surface area contributed by atoms with Crippen LogP contribution in [0.1, 0.15) is 16.1 Å². The van der Waals surface area contributed by atoms with Gasteiger partial charge in [-0.2, -0.15) is 4.98 Å². The first kappa shape index (κ1) is 12.8. The molecule has 0 saturated heterocycles. The monoisotopic (exact) mass is 288 g/mol. The van der Waals surface area contributed by atoms with Crippen molar-refractivity contribution in [3.05, 3.63) is 47.1 Å². The first-order chi connectivity index (χ1) is 9.81.